The molecule has 0 amide bonds. The Morgan fingerprint density at radius 2 is 1.80 bits per heavy atom. The van der Waals surface area contributed by atoms with Crippen LogP contribution in [0, 0.1) is 12.7 Å². The molecule has 0 aliphatic carbocycles. The number of aromatic nitrogens is 1. The van der Waals surface area contributed by atoms with E-state index >= 15 is 0 Å². The zero-order valence-corrected chi connectivity index (χ0v) is 14.0. The highest BCUT2D eigenvalue weighted by molar-refractivity contribution is 7.84. The van der Waals surface area contributed by atoms with Crippen LogP contribution in [0.15, 0.2) is 70.1 Å². The van der Waals surface area contributed by atoms with Crippen LogP contribution in [0.2, 0.25) is 0 Å². The molecular formula is C17H15FN3O3S+. The minimum atomic E-state index is -3.91. The monoisotopic (exact) mass is 360 g/mol. The lowest BCUT2D eigenvalue weighted by molar-refractivity contribution is -0.266. The zero-order valence-electron chi connectivity index (χ0n) is 13.2. The van der Waals surface area contributed by atoms with Gasteiger partial charge in [0.2, 0.25) is 0 Å². The summed E-state index contributed by atoms with van der Waals surface area (Å²) >= 11 is 0. The molecule has 2 N–H and O–H groups in total. The fourth-order valence-corrected chi connectivity index (χ4v) is 3.17. The number of amidine groups is 1. The summed E-state index contributed by atoms with van der Waals surface area (Å²) in [4.78, 5) is -0.0551. The predicted molar refractivity (Wildman–Crippen MR) is 90.0 cm³/mol. The molecule has 1 aromatic heterocycles. The fourth-order valence-electron chi connectivity index (χ4n) is 2.12. The quantitative estimate of drug-likeness (QED) is 0.543. The van der Waals surface area contributed by atoms with Crippen molar-refractivity contribution < 1.29 is 21.7 Å². The molecule has 8 heteroatoms. The van der Waals surface area contributed by atoms with E-state index in [4.69, 9.17) is 4.52 Å². The molecule has 3 aromatic rings. The molecule has 0 aliphatic heterocycles. The third-order valence-corrected chi connectivity index (χ3v) is 4.67. The standard InChI is InChI=1S/C17H14FN3O3S/c1-12-11-16(20-24-12)19-17(13-5-3-2-4-6-13)21-25(22,23)15-9-7-14(18)8-10-15/h2-11H,1H3,(H,19,20,21)/p+1. The second-order valence-electron chi connectivity index (χ2n) is 5.25. The first-order valence-electron chi connectivity index (χ1n) is 7.35. The van der Waals surface area contributed by atoms with Crippen molar-refractivity contribution in [3.8, 4) is 0 Å². The first-order chi connectivity index (χ1) is 11.9. The van der Waals surface area contributed by atoms with Crippen LogP contribution in [0.4, 0.5) is 10.2 Å². The minimum Gasteiger partial charge on any atom is -0.358 e. The molecule has 0 saturated carbocycles. The Bertz CT molecular complexity index is 997. The Hall–Kier alpha value is -3.00. The summed E-state index contributed by atoms with van der Waals surface area (Å²) in [5.41, 5.74) is 0.605. The van der Waals surface area contributed by atoms with Gasteiger partial charge in [0.15, 0.2) is 0 Å². The van der Waals surface area contributed by atoms with Crippen LogP contribution >= 0.6 is 0 Å². The zero-order chi connectivity index (χ0) is 17.9. The Labute approximate surface area is 144 Å². The van der Waals surface area contributed by atoms with Gasteiger partial charge in [-0.2, -0.15) is 12.8 Å². The lowest BCUT2D eigenvalue weighted by Gasteiger charge is -2.02. The molecule has 0 spiro atoms. The average molecular weight is 360 g/mol. The van der Waals surface area contributed by atoms with Crippen LogP contribution in [0.3, 0.4) is 0 Å². The van der Waals surface area contributed by atoms with E-state index in [1.807, 2.05) is 6.07 Å². The maximum atomic E-state index is 13.0. The molecule has 0 saturated heterocycles. The van der Waals surface area contributed by atoms with Crippen molar-refractivity contribution in [2.24, 2.45) is 0 Å². The number of aryl methyl sites for hydroxylation is 1. The maximum Gasteiger partial charge on any atom is 0.328 e. The summed E-state index contributed by atoms with van der Waals surface area (Å²) in [5.74, 6) is 0.634. The van der Waals surface area contributed by atoms with E-state index in [0.717, 1.165) is 12.1 Å². The highest BCUT2D eigenvalue weighted by Gasteiger charge is 2.21. The molecule has 0 unspecified atom stereocenters. The van der Waals surface area contributed by atoms with Gasteiger partial charge < -0.3 is 4.52 Å². The normalized spacial score (nSPS) is 12.2. The smallest absolute Gasteiger partial charge is 0.328 e. The molecule has 0 atom stereocenters. The number of halogens is 1. The molecular weight excluding hydrogens is 345 g/mol. The topological polar surface area (TPSA) is 86.2 Å². The molecule has 0 radical (unpaired) electrons. The summed E-state index contributed by atoms with van der Waals surface area (Å²) in [5, 5.41) is 6.70. The molecule has 0 fully saturated rings. The van der Waals surface area contributed by atoms with Gasteiger partial charge in [0.1, 0.15) is 16.5 Å². The molecule has 128 valence electrons. The first-order valence-corrected chi connectivity index (χ1v) is 8.83. The first kappa shape index (κ1) is 16.8. The third-order valence-electron chi connectivity index (χ3n) is 3.30. The summed E-state index contributed by atoms with van der Waals surface area (Å²) in [6, 6.07) is 15.0. The van der Waals surface area contributed by atoms with Gasteiger partial charge in [-0.05, 0) is 48.5 Å². The number of anilines is 1. The molecule has 0 bridgehead atoms. The molecule has 6 nitrogen and oxygen atoms in total. The summed E-state index contributed by atoms with van der Waals surface area (Å²) < 4.78 is 45.7. The van der Waals surface area contributed by atoms with Crippen molar-refractivity contribution >= 4 is 21.7 Å². The van der Waals surface area contributed by atoms with E-state index in [2.05, 4.69) is 14.9 Å². The maximum absolute atomic E-state index is 13.0. The van der Waals surface area contributed by atoms with E-state index in [1.54, 1.807) is 37.3 Å². The van der Waals surface area contributed by atoms with E-state index in [-0.39, 0.29) is 10.7 Å². The van der Waals surface area contributed by atoms with Crippen molar-refractivity contribution in [3.05, 3.63) is 77.8 Å². The molecule has 1 heterocycles. The van der Waals surface area contributed by atoms with Crippen LogP contribution in [0.1, 0.15) is 11.3 Å². The number of rotatable bonds is 4. The van der Waals surface area contributed by atoms with Gasteiger partial charge in [-0.15, -0.1) is 0 Å². The van der Waals surface area contributed by atoms with Crippen LogP contribution < -0.4 is 9.71 Å². The second-order valence-corrected chi connectivity index (χ2v) is 6.93. The van der Waals surface area contributed by atoms with Crippen LogP contribution in [0.5, 0.6) is 0 Å². The number of hydrogen-bond donors (Lipinski definition) is 2. The number of benzene rings is 2. The van der Waals surface area contributed by atoms with Crippen molar-refractivity contribution in [2.75, 3.05) is 5.32 Å². The highest BCUT2D eigenvalue weighted by atomic mass is 32.2. The average Bonchev–Trinajstić information content (AvgIpc) is 3.00. The number of sulfonamides is 1. The van der Waals surface area contributed by atoms with Gasteiger partial charge >= 0.3 is 10.0 Å². The summed E-state index contributed by atoms with van der Waals surface area (Å²) in [6.07, 6.45) is 0. The number of nitrogens with one attached hydrogen (secondary N) is 2. The summed E-state index contributed by atoms with van der Waals surface area (Å²) in [7, 11) is -3.91. The van der Waals surface area contributed by atoms with E-state index in [0.29, 0.717) is 17.1 Å². The lowest BCUT2D eigenvalue weighted by atomic mass is 10.2. The van der Waals surface area contributed by atoms with Crippen molar-refractivity contribution in [2.45, 2.75) is 11.8 Å². The van der Waals surface area contributed by atoms with Crippen LogP contribution in [-0.4, -0.2) is 19.4 Å². The fraction of sp³-hybridized carbons (Fsp3) is 0.0588. The predicted octanol–water partition coefficient (Wildman–Crippen LogP) is 1.45. The van der Waals surface area contributed by atoms with E-state index in [1.165, 1.54) is 12.1 Å². The Kier molecular flexibility index (Phi) is 4.62. The second kappa shape index (κ2) is 6.86. The van der Waals surface area contributed by atoms with Gasteiger partial charge in [0.25, 0.3) is 11.7 Å². The van der Waals surface area contributed by atoms with Gasteiger partial charge in [-0.25, -0.2) is 9.71 Å². The Balaban J connectivity index is 2.03. The van der Waals surface area contributed by atoms with E-state index in [9.17, 15) is 12.8 Å². The minimum absolute atomic E-state index is 0.0551. The molecule has 3 rings (SSSR count). The van der Waals surface area contributed by atoms with Gasteiger partial charge in [-0.1, -0.05) is 18.2 Å². The number of hydrogen-bond acceptors (Lipinski definition) is 4. The van der Waals surface area contributed by atoms with Crippen LogP contribution in [-0.2, 0) is 10.0 Å². The molecule has 2 aromatic carbocycles. The van der Waals surface area contributed by atoms with Gasteiger partial charge in [-0.3, -0.25) is 0 Å². The Morgan fingerprint density at radius 3 is 2.40 bits per heavy atom. The lowest BCUT2D eigenvalue weighted by Crippen LogP contribution is -2.78. The van der Waals surface area contributed by atoms with Crippen molar-refractivity contribution in [1.82, 2.24) is 5.16 Å². The largest absolute Gasteiger partial charge is 0.358 e. The molecule has 0 aliphatic rings. The highest BCUT2D eigenvalue weighted by Crippen LogP contribution is 2.10. The van der Waals surface area contributed by atoms with Gasteiger partial charge in [0.05, 0.1) is 5.56 Å². The number of nitrogens with zero attached hydrogens (tertiary/aromatic N) is 1. The van der Waals surface area contributed by atoms with Gasteiger partial charge in [0, 0.05) is 6.07 Å². The summed E-state index contributed by atoms with van der Waals surface area (Å²) in [6.45, 7) is 1.73. The van der Waals surface area contributed by atoms with Crippen molar-refractivity contribution in [3.63, 3.8) is 0 Å². The van der Waals surface area contributed by atoms with Crippen molar-refractivity contribution in [1.29, 1.82) is 0 Å². The SMILES string of the molecule is Cc1cc(NC(=[NH+]S(=O)(=O)c2ccc(F)cc2)c2ccccc2)no1. The van der Waals surface area contributed by atoms with E-state index < -0.39 is 15.8 Å². The molecule has 25 heavy (non-hydrogen) atoms. The Morgan fingerprint density at radius 1 is 1.12 bits per heavy atom. The third kappa shape index (κ3) is 4.10. The van der Waals surface area contributed by atoms with Crippen LogP contribution in [0.25, 0.3) is 0 Å².